The number of halogens is 2. The van der Waals surface area contributed by atoms with Crippen molar-refractivity contribution in [2.75, 3.05) is 50.1 Å². The molecule has 0 N–H and O–H groups in total. The Balaban J connectivity index is 1.70. The number of carbonyl (C=O) groups is 1. The van der Waals surface area contributed by atoms with Crippen LogP contribution in [0.5, 0.6) is 0 Å². The smallest absolute Gasteiger partial charge is 0.255 e. The molecule has 1 aliphatic heterocycles. The van der Waals surface area contributed by atoms with E-state index in [1.54, 1.807) is 18.2 Å². The van der Waals surface area contributed by atoms with Crippen molar-refractivity contribution in [1.82, 2.24) is 14.9 Å². The molecule has 1 aromatic carbocycles. The molecule has 0 saturated carbocycles. The van der Waals surface area contributed by atoms with Crippen LogP contribution in [0.15, 0.2) is 24.3 Å². The van der Waals surface area contributed by atoms with Crippen molar-refractivity contribution in [2.45, 2.75) is 6.92 Å². The number of aromatic nitrogens is 2. The van der Waals surface area contributed by atoms with Crippen LogP contribution in [0.4, 0.5) is 11.6 Å². The summed E-state index contributed by atoms with van der Waals surface area (Å²) in [5, 5.41) is 0.902. The Kier molecular flexibility index (Phi) is 5.53. The fourth-order valence-corrected chi connectivity index (χ4v) is 3.39. The molecule has 6 nitrogen and oxygen atoms in total. The third kappa shape index (κ3) is 4.02. The zero-order valence-corrected chi connectivity index (χ0v) is 16.5. The second kappa shape index (κ2) is 7.68. The van der Waals surface area contributed by atoms with Crippen molar-refractivity contribution in [2.24, 2.45) is 0 Å². The maximum atomic E-state index is 12.7. The van der Waals surface area contributed by atoms with E-state index >= 15 is 0 Å². The van der Waals surface area contributed by atoms with Crippen LogP contribution >= 0.6 is 23.2 Å². The average molecular weight is 394 g/mol. The minimum absolute atomic E-state index is 0.0702. The fraction of sp³-hybridized carbons (Fsp3) is 0.389. The normalized spacial score (nSPS) is 14.5. The molecule has 0 atom stereocenters. The van der Waals surface area contributed by atoms with Gasteiger partial charge in [0.2, 0.25) is 0 Å². The van der Waals surface area contributed by atoms with Gasteiger partial charge in [-0.3, -0.25) is 4.79 Å². The molecule has 1 aliphatic rings. The number of aryl methyl sites for hydroxylation is 1. The molecule has 0 aliphatic carbocycles. The van der Waals surface area contributed by atoms with Crippen molar-refractivity contribution < 1.29 is 4.79 Å². The third-order valence-corrected chi connectivity index (χ3v) is 4.87. The van der Waals surface area contributed by atoms with E-state index in [0.29, 0.717) is 41.8 Å². The van der Waals surface area contributed by atoms with Gasteiger partial charge >= 0.3 is 0 Å². The Morgan fingerprint density at radius 3 is 2.38 bits per heavy atom. The largest absolute Gasteiger partial charge is 0.363 e. The van der Waals surface area contributed by atoms with Crippen LogP contribution in [0.25, 0.3) is 0 Å². The monoisotopic (exact) mass is 393 g/mol. The molecule has 8 heteroatoms. The fourth-order valence-electron chi connectivity index (χ4n) is 2.90. The molecule has 1 fully saturated rings. The highest BCUT2D eigenvalue weighted by Gasteiger charge is 2.24. The van der Waals surface area contributed by atoms with E-state index in [2.05, 4.69) is 14.9 Å². The van der Waals surface area contributed by atoms with Crippen LogP contribution < -0.4 is 9.80 Å². The molecular weight excluding hydrogens is 373 g/mol. The first-order chi connectivity index (χ1) is 12.3. The van der Waals surface area contributed by atoms with Crippen LogP contribution in [-0.2, 0) is 0 Å². The van der Waals surface area contributed by atoms with Gasteiger partial charge in [-0.15, -0.1) is 0 Å². The average Bonchev–Trinajstić information content (AvgIpc) is 2.61. The van der Waals surface area contributed by atoms with E-state index in [0.717, 1.165) is 17.5 Å². The number of amides is 1. The van der Waals surface area contributed by atoms with Gasteiger partial charge in [0, 0.05) is 51.4 Å². The SMILES string of the molecule is Cc1nc(N(C)C)cc(N2CCN(C(=O)c3ccc(Cl)cc3Cl)CC2)n1. The second-order valence-corrected chi connectivity index (χ2v) is 7.27. The standard InChI is InChI=1S/C18H21Cl2N5O/c1-12-21-16(23(2)3)11-17(22-12)24-6-8-25(9-7-24)18(26)14-5-4-13(19)10-15(14)20/h4-5,10-11H,6-9H2,1-3H3. The number of hydrogen-bond acceptors (Lipinski definition) is 5. The maximum Gasteiger partial charge on any atom is 0.255 e. The van der Waals surface area contributed by atoms with Crippen molar-refractivity contribution in [1.29, 1.82) is 0 Å². The van der Waals surface area contributed by atoms with Crippen molar-refractivity contribution in [3.63, 3.8) is 0 Å². The minimum Gasteiger partial charge on any atom is -0.363 e. The Morgan fingerprint density at radius 2 is 1.77 bits per heavy atom. The molecule has 0 spiro atoms. The number of rotatable bonds is 3. The Bertz CT molecular complexity index is 819. The van der Waals surface area contributed by atoms with Gasteiger partial charge in [-0.1, -0.05) is 23.2 Å². The van der Waals surface area contributed by atoms with Gasteiger partial charge in [-0.25, -0.2) is 9.97 Å². The highest BCUT2D eigenvalue weighted by molar-refractivity contribution is 6.36. The zero-order chi connectivity index (χ0) is 18.8. The lowest BCUT2D eigenvalue weighted by Crippen LogP contribution is -2.49. The molecular formula is C18H21Cl2N5O. The molecule has 2 aromatic rings. The van der Waals surface area contributed by atoms with Gasteiger partial charge in [-0.2, -0.15) is 0 Å². The predicted molar refractivity (Wildman–Crippen MR) is 106 cm³/mol. The number of hydrogen-bond donors (Lipinski definition) is 0. The zero-order valence-electron chi connectivity index (χ0n) is 15.0. The first-order valence-electron chi connectivity index (χ1n) is 8.37. The lowest BCUT2D eigenvalue weighted by molar-refractivity contribution is 0.0746. The summed E-state index contributed by atoms with van der Waals surface area (Å²) in [5.41, 5.74) is 0.484. The third-order valence-electron chi connectivity index (χ3n) is 4.32. The summed E-state index contributed by atoms with van der Waals surface area (Å²) in [6.45, 7) is 4.52. The molecule has 1 amide bonds. The van der Waals surface area contributed by atoms with Gasteiger partial charge in [0.1, 0.15) is 17.5 Å². The van der Waals surface area contributed by atoms with E-state index in [4.69, 9.17) is 23.2 Å². The number of piperazine rings is 1. The molecule has 1 aromatic heterocycles. The first kappa shape index (κ1) is 18.7. The summed E-state index contributed by atoms with van der Waals surface area (Å²) in [6.07, 6.45) is 0. The first-order valence-corrected chi connectivity index (χ1v) is 9.13. The summed E-state index contributed by atoms with van der Waals surface area (Å²) in [6, 6.07) is 6.93. The number of nitrogens with zero attached hydrogens (tertiary/aromatic N) is 5. The van der Waals surface area contributed by atoms with Crippen LogP contribution in [0.2, 0.25) is 10.0 Å². The quantitative estimate of drug-likeness (QED) is 0.801. The molecule has 2 heterocycles. The van der Waals surface area contributed by atoms with Gasteiger partial charge in [0.15, 0.2) is 0 Å². The van der Waals surface area contributed by atoms with Gasteiger partial charge in [0.05, 0.1) is 10.6 Å². The number of benzene rings is 1. The molecule has 0 unspecified atom stereocenters. The summed E-state index contributed by atoms with van der Waals surface area (Å²) in [4.78, 5) is 27.6. The van der Waals surface area contributed by atoms with Gasteiger partial charge in [0.25, 0.3) is 5.91 Å². The minimum atomic E-state index is -0.0702. The van der Waals surface area contributed by atoms with Crippen LogP contribution in [-0.4, -0.2) is 61.0 Å². The predicted octanol–water partition coefficient (Wildman–Crippen LogP) is 3.12. The van der Waals surface area contributed by atoms with Crippen molar-refractivity contribution >= 4 is 40.7 Å². The van der Waals surface area contributed by atoms with Crippen molar-refractivity contribution in [3.05, 3.63) is 45.7 Å². The van der Waals surface area contributed by atoms with E-state index in [9.17, 15) is 4.79 Å². The number of carbonyl (C=O) groups excluding carboxylic acids is 1. The van der Waals surface area contributed by atoms with Gasteiger partial charge < -0.3 is 14.7 Å². The highest BCUT2D eigenvalue weighted by Crippen LogP contribution is 2.24. The van der Waals surface area contributed by atoms with E-state index in [1.165, 1.54) is 0 Å². The molecule has 26 heavy (non-hydrogen) atoms. The Labute approximate surface area is 163 Å². The molecule has 3 rings (SSSR count). The summed E-state index contributed by atoms with van der Waals surface area (Å²) >= 11 is 12.1. The lowest BCUT2D eigenvalue weighted by atomic mass is 10.1. The molecule has 0 bridgehead atoms. The van der Waals surface area contributed by atoms with E-state index in [1.807, 2.05) is 36.9 Å². The van der Waals surface area contributed by atoms with E-state index in [-0.39, 0.29) is 5.91 Å². The van der Waals surface area contributed by atoms with Crippen LogP contribution in [0.1, 0.15) is 16.2 Å². The van der Waals surface area contributed by atoms with Crippen LogP contribution in [0.3, 0.4) is 0 Å². The van der Waals surface area contributed by atoms with Crippen molar-refractivity contribution in [3.8, 4) is 0 Å². The topological polar surface area (TPSA) is 52.6 Å². The van der Waals surface area contributed by atoms with E-state index < -0.39 is 0 Å². The summed E-state index contributed by atoms with van der Waals surface area (Å²) in [5.74, 6) is 2.42. The van der Waals surface area contributed by atoms with Gasteiger partial charge in [-0.05, 0) is 25.1 Å². The lowest BCUT2D eigenvalue weighted by Gasteiger charge is -2.35. The maximum absolute atomic E-state index is 12.7. The Morgan fingerprint density at radius 1 is 1.08 bits per heavy atom. The molecule has 138 valence electrons. The summed E-state index contributed by atoms with van der Waals surface area (Å²) < 4.78 is 0. The number of anilines is 2. The highest BCUT2D eigenvalue weighted by atomic mass is 35.5. The van der Waals surface area contributed by atoms with Crippen LogP contribution in [0, 0.1) is 6.92 Å². The Hall–Kier alpha value is -2.05. The molecule has 0 radical (unpaired) electrons. The second-order valence-electron chi connectivity index (χ2n) is 6.43. The summed E-state index contributed by atoms with van der Waals surface area (Å²) in [7, 11) is 3.91. The molecule has 1 saturated heterocycles.